The summed E-state index contributed by atoms with van der Waals surface area (Å²) in [5.74, 6) is 1.52. The number of amides is 1. The number of carbonyl (C=O) groups excluding carboxylic acids is 1. The van der Waals surface area contributed by atoms with E-state index in [4.69, 9.17) is 37.1 Å². The zero-order chi connectivity index (χ0) is 24.2. The lowest BCUT2D eigenvalue weighted by atomic mass is 10.2. The Hall–Kier alpha value is -3.42. The van der Waals surface area contributed by atoms with Crippen LogP contribution in [0.3, 0.4) is 0 Å². The number of anilines is 1. The average molecular weight is 500 g/mol. The van der Waals surface area contributed by atoms with Crippen molar-refractivity contribution in [1.82, 2.24) is 9.78 Å². The predicted octanol–water partition coefficient (Wildman–Crippen LogP) is 6.29. The number of nitrogens with zero attached hydrogens (tertiary/aromatic N) is 2. The largest absolute Gasteiger partial charge is 0.493 e. The van der Waals surface area contributed by atoms with Crippen molar-refractivity contribution in [2.45, 2.75) is 27.0 Å². The summed E-state index contributed by atoms with van der Waals surface area (Å²) in [6, 6.07) is 16.0. The number of furan rings is 1. The number of nitrogens with one attached hydrogen (secondary N) is 1. The molecule has 0 spiro atoms. The highest BCUT2D eigenvalue weighted by Crippen LogP contribution is 2.28. The second kappa shape index (κ2) is 10.2. The molecule has 0 aliphatic carbocycles. The molecule has 0 saturated heterocycles. The number of carbonyl (C=O) groups is 1. The van der Waals surface area contributed by atoms with Gasteiger partial charge in [-0.05, 0) is 55.8 Å². The van der Waals surface area contributed by atoms with Gasteiger partial charge in [-0.3, -0.25) is 9.48 Å². The molecule has 0 bridgehead atoms. The van der Waals surface area contributed by atoms with Crippen molar-refractivity contribution in [3.05, 3.63) is 93.1 Å². The molecule has 2 aromatic heterocycles. The van der Waals surface area contributed by atoms with Crippen LogP contribution in [-0.2, 0) is 13.2 Å². The lowest BCUT2D eigenvalue weighted by molar-refractivity contribution is 0.0992. The maximum absolute atomic E-state index is 12.8. The van der Waals surface area contributed by atoms with E-state index in [-0.39, 0.29) is 18.3 Å². The third kappa shape index (κ3) is 5.21. The summed E-state index contributed by atoms with van der Waals surface area (Å²) in [6.07, 6.45) is 0. The molecule has 34 heavy (non-hydrogen) atoms. The van der Waals surface area contributed by atoms with Gasteiger partial charge in [-0.2, -0.15) is 5.10 Å². The Labute approximate surface area is 207 Å². The van der Waals surface area contributed by atoms with E-state index in [2.05, 4.69) is 10.4 Å². The number of rotatable bonds is 8. The number of ether oxygens (including phenoxy) is 2. The van der Waals surface area contributed by atoms with Crippen molar-refractivity contribution >= 4 is 34.8 Å². The SMILES string of the molecule is COc1ccccc1OCc1ccc(C(=O)Nc2c(C)nn(Cc3ccc(Cl)cc3Cl)c2C)o1. The molecule has 2 heterocycles. The first-order valence-electron chi connectivity index (χ1n) is 10.5. The first-order valence-corrected chi connectivity index (χ1v) is 11.2. The van der Waals surface area contributed by atoms with Gasteiger partial charge in [0.2, 0.25) is 0 Å². The third-order valence-electron chi connectivity index (χ3n) is 5.28. The predicted molar refractivity (Wildman–Crippen MR) is 131 cm³/mol. The van der Waals surface area contributed by atoms with E-state index in [1.807, 2.05) is 38.1 Å². The molecule has 0 atom stereocenters. The highest BCUT2D eigenvalue weighted by atomic mass is 35.5. The maximum atomic E-state index is 12.8. The molecule has 0 aliphatic heterocycles. The van der Waals surface area contributed by atoms with E-state index < -0.39 is 0 Å². The van der Waals surface area contributed by atoms with Crippen molar-refractivity contribution in [2.75, 3.05) is 12.4 Å². The van der Waals surface area contributed by atoms with Gasteiger partial charge < -0.3 is 19.2 Å². The van der Waals surface area contributed by atoms with Crippen LogP contribution in [0.4, 0.5) is 5.69 Å². The topological polar surface area (TPSA) is 78.5 Å². The van der Waals surface area contributed by atoms with Gasteiger partial charge in [-0.1, -0.05) is 41.4 Å². The Morgan fingerprint density at radius 2 is 1.85 bits per heavy atom. The highest BCUT2D eigenvalue weighted by molar-refractivity contribution is 6.35. The molecule has 1 amide bonds. The van der Waals surface area contributed by atoms with E-state index >= 15 is 0 Å². The van der Waals surface area contributed by atoms with E-state index in [9.17, 15) is 4.79 Å². The van der Waals surface area contributed by atoms with Crippen LogP contribution < -0.4 is 14.8 Å². The average Bonchev–Trinajstić information content (AvgIpc) is 3.40. The van der Waals surface area contributed by atoms with Crippen LogP contribution in [0.2, 0.25) is 10.0 Å². The van der Waals surface area contributed by atoms with Crippen LogP contribution in [-0.4, -0.2) is 22.8 Å². The van der Waals surface area contributed by atoms with Crippen LogP contribution >= 0.6 is 23.2 Å². The van der Waals surface area contributed by atoms with Gasteiger partial charge in [0.1, 0.15) is 12.4 Å². The molecular weight excluding hydrogens is 477 g/mol. The number of aromatic nitrogens is 2. The quantitative estimate of drug-likeness (QED) is 0.308. The number of para-hydroxylation sites is 2. The Morgan fingerprint density at radius 3 is 2.59 bits per heavy atom. The van der Waals surface area contributed by atoms with E-state index in [0.717, 1.165) is 11.3 Å². The first-order chi connectivity index (χ1) is 16.4. The summed E-state index contributed by atoms with van der Waals surface area (Å²) in [4.78, 5) is 12.8. The lowest BCUT2D eigenvalue weighted by Crippen LogP contribution is -2.12. The Morgan fingerprint density at radius 1 is 1.09 bits per heavy atom. The van der Waals surface area contributed by atoms with Crippen LogP contribution in [0.1, 0.15) is 33.3 Å². The number of hydrogen-bond donors (Lipinski definition) is 1. The van der Waals surface area contributed by atoms with Crippen molar-refractivity contribution in [1.29, 1.82) is 0 Å². The minimum absolute atomic E-state index is 0.158. The van der Waals surface area contributed by atoms with Gasteiger partial charge in [0, 0.05) is 10.0 Å². The van der Waals surface area contributed by atoms with Crippen molar-refractivity contribution in [3.8, 4) is 11.5 Å². The molecule has 0 unspecified atom stereocenters. The van der Waals surface area contributed by atoms with Gasteiger partial charge >= 0.3 is 0 Å². The molecule has 0 aliphatic rings. The molecule has 9 heteroatoms. The van der Waals surface area contributed by atoms with E-state index in [1.54, 1.807) is 42.1 Å². The van der Waals surface area contributed by atoms with Crippen LogP contribution in [0, 0.1) is 13.8 Å². The van der Waals surface area contributed by atoms with Crippen LogP contribution in [0.15, 0.2) is 59.0 Å². The van der Waals surface area contributed by atoms with Gasteiger partial charge in [-0.15, -0.1) is 0 Å². The fraction of sp³-hybridized carbons (Fsp3) is 0.200. The number of benzene rings is 2. The summed E-state index contributed by atoms with van der Waals surface area (Å²) in [7, 11) is 1.58. The summed E-state index contributed by atoms with van der Waals surface area (Å²) in [6.45, 7) is 4.32. The van der Waals surface area contributed by atoms with Crippen molar-refractivity contribution in [3.63, 3.8) is 0 Å². The second-order valence-electron chi connectivity index (χ2n) is 7.60. The molecular formula is C25H23Cl2N3O4. The zero-order valence-corrected chi connectivity index (χ0v) is 20.4. The Balaban J connectivity index is 1.43. The summed E-state index contributed by atoms with van der Waals surface area (Å²) in [5, 5.41) is 8.58. The number of aryl methyl sites for hydroxylation is 1. The highest BCUT2D eigenvalue weighted by Gasteiger charge is 2.18. The molecule has 0 saturated carbocycles. The summed E-state index contributed by atoms with van der Waals surface area (Å²) >= 11 is 12.3. The fourth-order valence-corrected chi connectivity index (χ4v) is 3.95. The first kappa shape index (κ1) is 23.7. The van der Waals surface area contributed by atoms with E-state index in [1.165, 1.54) is 0 Å². The summed E-state index contributed by atoms with van der Waals surface area (Å²) < 4.78 is 18.5. The molecule has 0 radical (unpaired) electrons. The molecule has 7 nitrogen and oxygen atoms in total. The molecule has 176 valence electrons. The second-order valence-corrected chi connectivity index (χ2v) is 8.44. The van der Waals surface area contributed by atoms with Gasteiger partial charge in [0.15, 0.2) is 17.3 Å². The standard InChI is InChI=1S/C25H23Cl2N3O4/c1-15-24(16(2)30(29-15)13-17-8-9-18(26)12-20(17)27)28-25(31)23-11-10-19(34-23)14-33-22-7-5-4-6-21(22)32-3/h4-12H,13-14H2,1-3H3,(H,28,31). The molecule has 0 fully saturated rings. The third-order valence-corrected chi connectivity index (χ3v) is 5.87. The van der Waals surface area contributed by atoms with Gasteiger partial charge in [-0.25, -0.2) is 0 Å². The Kier molecular flexibility index (Phi) is 7.14. The lowest BCUT2D eigenvalue weighted by Gasteiger charge is -2.09. The molecule has 4 aromatic rings. The molecule has 1 N–H and O–H groups in total. The summed E-state index contributed by atoms with van der Waals surface area (Å²) in [5.41, 5.74) is 2.98. The molecule has 2 aromatic carbocycles. The number of hydrogen-bond acceptors (Lipinski definition) is 5. The fourth-order valence-electron chi connectivity index (χ4n) is 3.48. The number of halogens is 2. The smallest absolute Gasteiger partial charge is 0.291 e. The molecule has 4 rings (SSSR count). The maximum Gasteiger partial charge on any atom is 0.291 e. The van der Waals surface area contributed by atoms with Crippen LogP contribution in [0.5, 0.6) is 11.5 Å². The van der Waals surface area contributed by atoms with E-state index in [0.29, 0.717) is 45.2 Å². The zero-order valence-electron chi connectivity index (χ0n) is 18.9. The number of methoxy groups -OCH3 is 1. The van der Waals surface area contributed by atoms with Crippen LogP contribution in [0.25, 0.3) is 0 Å². The van der Waals surface area contributed by atoms with Crippen molar-refractivity contribution < 1.29 is 18.7 Å². The minimum Gasteiger partial charge on any atom is -0.493 e. The van der Waals surface area contributed by atoms with Crippen molar-refractivity contribution in [2.24, 2.45) is 0 Å². The normalized spacial score (nSPS) is 10.9. The monoisotopic (exact) mass is 499 g/mol. The van der Waals surface area contributed by atoms with Gasteiger partial charge in [0.25, 0.3) is 5.91 Å². The minimum atomic E-state index is -0.376. The van der Waals surface area contributed by atoms with Gasteiger partial charge in [0.05, 0.1) is 30.7 Å². The Bertz CT molecular complexity index is 1330.